The molecule has 1 saturated heterocycles. The van der Waals surface area contributed by atoms with E-state index in [1.165, 1.54) is 12.5 Å². The predicted octanol–water partition coefficient (Wildman–Crippen LogP) is 2.96. The monoisotopic (exact) mass is 387 g/mol. The summed E-state index contributed by atoms with van der Waals surface area (Å²) in [5, 5.41) is 11.3. The molecule has 0 aromatic heterocycles. The number of ketones is 1. The highest BCUT2D eigenvalue weighted by Crippen LogP contribution is 2.37. The van der Waals surface area contributed by atoms with Gasteiger partial charge in [-0.05, 0) is 55.0 Å². The summed E-state index contributed by atoms with van der Waals surface area (Å²) in [6, 6.07) is 13.3. The molecule has 0 bridgehead atoms. The average molecular weight is 387 g/mol. The highest BCUT2D eigenvalue weighted by atomic mass is 16.2. The first-order chi connectivity index (χ1) is 14.0. The molecule has 1 N–H and O–H groups in total. The molecule has 2 heterocycles. The summed E-state index contributed by atoms with van der Waals surface area (Å²) < 4.78 is 0. The normalized spacial score (nSPS) is 16.3. The highest BCUT2D eigenvalue weighted by molar-refractivity contribution is 6.24. The fourth-order valence-electron chi connectivity index (χ4n) is 4.32. The smallest absolute Gasteiger partial charge is 0.261 e. The van der Waals surface area contributed by atoms with Crippen LogP contribution in [0.5, 0.6) is 0 Å². The van der Waals surface area contributed by atoms with Crippen LogP contribution in [0.1, 0.15) is 63.1 Å². The highest BCUT2D eigenvalue weighted by Gasteiger charge is 2.34. The Morgan fingerprint density at radius 3 is 2.41 bits per heavy atom. The van der Waals surface area contributed by atoms with Crippen molar-refractivity contribution in [1.29, 1.82) is 5.26 Å². The number of carbonyl (C=O) groups is 3. The van der Waals surface area contributed by atoms with Gasteiger partial charge >= 0.3 is 0 Å². The van der Waals surface area contributed by atoms with Crippen LogP contribution >= 0.6 is 0 Å². The molecular formula is C23H21N3O3. The molecular weight excluding hydrogens is 366 g/mol. The van der Waals surface area contributed by atoms with E-state index < -0.39 is 0 Å². The van der Waals surface area contributed by atoms with Crippen LogP contribution in [-0.4, -0.2) is 30.7 Å². The summed E-state index contributed by atoms with van der Waals surface area (Å²) >= 11 is 0. The van der Waals surface area contributed by atoms with E-state index in [2.05, 4.69) is 16.3 Å². The first kappa shape index (κ1) is 18.9. The van der Waals surface area contributed by atoms with E-state index in [9.17, 15) is 14.4 Å². The molecule has 4 rings (SSSR count). The van der Waals surface area contributed by atoms with Gasteiger partial charge in [0.2, 0.25) is 0 Å². The summed E-state index contributed by atoms with van der Waals surface area (Å²) in [4.78, 5) is 38.5. The van der Waals surface area contributed by atoms with Crippen LogP contribution in [0.25, 0.3) is 0 Å². The lowest BCUT2D eigenvalue weighted by Gasteiger charge is -2.36. The third kappa shape index (κ3) is 3.52. The van der Waals surface area contributed by atoms with Crippen LogP contribution in [0.3, 0.4) is 0 Å². The Bertz CT molecular complexity index is 1040. The summed E-state index contributed by atoms with van der Waals surface area (Å²) in [7, 11) is 0. The maximum Gasteiger partial charge on any atom is 0.261 e. The topological polar surface area (TPSA) is 90.3 Å². The first-order valence-electron chi connectivity index (χ1n) is 9.74. The molecule has 0 saturated carbocycles. The molecule has 6 nitrogen and oxygen atoms in total. The summed E-state index contributed by atoms with van der Waals surface area (Å²) in [5.41, 5.74) is 4.14. The molecule has 2 aliphatic rings. The van der Waals surface area contributed by atoms with Crippen molar-refractivity contribution in [1.82, 2.24) is 5.32 Å². The van der Waals surface area contributed by atoms with Gasteiger partial charge < -0.3 is 4.90 Å². The zero-order valence-corrected chi connectivity index (χ0v) is 16.2. The van der Waals surface area contributed by atoms with Crippen LogP contribution in [0.15, 0.2) is 36.4 Å². The van der Waals surface area contributed by atoms with E-state index in [4.69, 9.17) is 5.26 Å². The van der Waals surface area contributed by atoms with Gasteiger partial charge in [-0.2, -0.15) is 5.26 Å². The number of anilines is 1. The van der Waals surface area contributed by atoms with Crippen molar-refractivity contribution >= 4 is 23.3 Å². The molecule has 2 aromatic carbocycles. The number of rotatable bonds is 4. The van der Waals surface area contributed by atoms with Gasteiger partial charge in [0.1, 0.15) is 5.78 Å². The summed E-state index contributed by atoms with van der Waals surface area (Å²) in [6.45, 7) is 2.99. The Hall–Kier alpha value is -3.46. The van der Waals surface area contributed by atoms with E-state index in [1.807, 2.05) is 24.3 Å². The zero-order valence-electron chi connectivity index (χ0n) is 16.2. The van der Waals surface area contributed by atoms with Gasteiger partial charge in [0, 0.05) is 19.5 Å². The molecule has 0 spiro atoms. The van der Waals surface area contributed by atoms with Crippen molar-refractivity contribution in [2.24, 2.45) is 0 Å². The van der Waals surface area contributed by atoms with Gasteiger partial charge in [0.15, 0.2) is 0 Å². The third-order valence-corrected chi connectivity index (χ3v) is 5.72. The van der Waals surface area contributed by atoms with Crippen molar-refractivity contribution < 1.29 is 14.4 Å². The summed E-state index contributed by atoms with van der Waals surface area (Å²) in [5.74, 6) is -0.376. The Balaban J connectivity index is 1.62. The number of benzene rings is 2. The van der Waals surface area contributed by atoms with E-state index in [1.54, 1.807) is 12.1 Å². The Morgan fingerprint density at radius 2 is 1.79 bits per heavy atom. The first-order valence-corrected chi connectivity index (χ1v) is 9.74. The SMILES string of the molecule is CC(=O)Cc1ccc2c(c1N1CCC(c3ccc(C#N)cc3)CC1)C(=O)NC2=O. The molecule has 0 aliphatic carbocycles. The van der Waals surface area contributed by atoms with E-state index >= 15 is 0 Å². The number of imide groups is 1. The fraction of sp³-hybridized carbons (Fsp3) is 0.304. The van der Waals surface area contributed by atoms with Crippen molar-refractivity contribution in [2.45, 2.75) is 32.1 Å². The lowest BCUT2D eigenvalue weighted by Crippen LogP contribution is -2.35. The lowest BCUT2D eigenvalue weighted by atomic mass is 9.88. The minimum atomic E-state index is -0.389. The third-order valence-electron chi connectivity index (χ3n) is 5.72. The number of fused-ring (bicyclic) bond motifs is 1. The van der Waals surface area contributed by atoms with E-state index in [0.29, 0.717) is 22.6 Å². The van der Waals surface area contributed by atoms with Crippen LogP contribution in [-0.2, 0) is 11.2 Å². The molecule has 6 heteroatoms. The molecule has 1 fully saturated rings. The van der Waals surface area contributed by atoms with Gasteiger partial charge in [0.25, 0.3) is 11.8 Å². The molecule has 2 aromatic rings. The zero-order chi connectivity index (χ0) is 20.5. The molecule has 146 valence electrons. The second-order valence-corrected chi connectivity index (χ2v) is 7.65. The lowest BCUT2D eigenvalue weighted by molar-refractivity contribution is -0.116. The second kappa shape index (κ2) is 7.51. The van der Waals surface area contributed by atoms with Gasteiger partial charge in [-0.3, -0.25) is 19.7 Å². The van der Waals surface area contributed by atoms with Gasteiger partial charge in [-0.25, -0.2) is 0 Å². The minimum Gasteiger partial charge on any atom is -0.371 e. The molecule has 2 aliphatic heterocycles. The number of carbonyl (C=O) groups excluding carboxylic acids is 3. The van der Waals surface area contributed by atoms with Crippen LogP contribution < -0.4 is 10.2 Å². The maximum atomic E-state index is 12.5. The largest absolute Gasteiger partial charge is 0.371 e. The number of nitriles is 1. The van der Waals surface area contributed by atoms with Crippen molar-refractivity contribution in [3.8, 4) is 6.07 Å². The quantitative estimate of drug-likeness (QED) is 0.815. The standard InChI is InChI=1S/C23H21N3O3/c1-14(27)12-18-6-7-19-20(23(29)25-22(19)28)21(18)26-10-8-17(9-11-26)16-4-2-15(13-24)3-5-16/h2-7,17H,8-12H2,1H3,(H,25,28,29). The van der Waals surface area contributed by atoms with Crippen LogP contribution in [0.4, 0.5) is 5.69 Å². The van der Waals surface area contributed by atoms with Crippen molar-refractivity contribution in [3.63, 3.8) is 0 Å². The Morgan fingerprint density at radius 1 is 1.10 bits per heavy atom. The van der Waals surface area contributed by atoms with Crippen molar-refractivity contribution in [3.05, 3.63) is 64.2 Å². The number of hydrogen-bond donors (Lipinski definition) is 1. The number of nitrogens with one attached hydrogen (secondary N) is 1. The van der Waals surface area contributed by atoms with E-state index in [-0.39, 0.29) is 24.0 Å². The minimum absolute atomic E-state index is 0.0170. The number of piperidine rings is 1. The van der Waals surface area contributed by atoms with E-state index in [0.717, 1.165) is 37.2 Å². The molecule has 29 heavy (non-hydrogen) atoms. The maximum absolute atomic E-state index is 12.5. The fourth-order valence-corrected chi connectivity index (χ4v) is 4.32. The molecule has 0 radical (unpaired) electrons. The Labute approximate surface area is 169 Å². The number of hydrogen-bond acceptors (Lipinski definition) is 5. The van der Waals surface area contributed by atoms with Crippen LogP contribution in [0.2, 0.25) is 0 Å². The van der Waals surface area contributed by atoms with Gasteiger partial charge in [-0.15, -0.1) is 0 Å². The second-order valence-electron chi connectivity index (χ2n) is 7.65. The van der Waals surface area contributed by atoms with Gasteiger partial charge in [-0.1, -0.05) is 18.2 Å². The van der Waals surface area contributed by atoms with Crippen molar-refractivity contribution in [2.75, 3.05) is 18.0 Å². The number of Topliss-reactive ketones (excluding diaryl/α,β-unsaturated/α-hetero) is 1. The Kier molecular flexibility index (Phi) is 4.89. The predicted molar refractivity (Wildman–Crippen MR) is 108 cm³/mol. The van der Waals surface area contributed by atoms with Gasteiger partial charge in [0.05, 0.1) is 28.4 Å². The molecule has 2 amide bonds. The van der Waals surface area contributed by atoms with Crippen LogP contribution in [0, 0.1) is 11.3 Å². The molecule has 0 atom stereocenters. The average Bonchev–Trinajstić information content (AvgIpc) is 3.01. The number of amides is 2. The number of nitrogens with zero attached hydrogens (tertiary/aromatic N) is 2. The molecule has 0 unspecified atom stereocenters. The summed E-state index contributed by atoms with van der Waals surface area (Å²) in [6.07, 6.45) is 2.02.